The summed E-state index contributed by atoms with van der Waals surface area (Å²) in [4.78, 5) is 0. The maximum Gasteiger partial charge on any atom is 0.0243 e. The molecule has 1 radical (unpaired) electrons. The van der Waals surface area contributed by atoms with Crippen molar-refractivity contribution in [2.45, 2.75) is 39.2 Å². The average molecular weight is 126 g/mol. The smallest absolute Gasteiger partial charge is 0.0243 e. The molecule has 2 unspecified atom stereocenters. The lowest BCUT2D eigenvalue weighted by Gasteiger charge is -2.14. The highest BCUT2D eigenvalue weighted by atomic mass is 14.9. The minimum Gasteiger partial charge on any atom is -0.238 e. The molecule has 1 saturated heterocycles. The fourth-order valence-corrected chi connectivity index (χ4v) is 1.29. The van der Waals surface area contributed by atoms with E-state index in [9.17, 15) is 0 Å². The average Bonchev–Trinajstić information content (AvgIpc) is 1.99. The molecule has 0 spiro atoms. The molecule has 0 amide bonds. The molecule has 1 aliphatic heterocycles. The molecule has 1 fully saturated rings. The zero-order valence-corrected chi connectivity index (χ0v) is 6.43. The quantitative estimate of drug-likeness (QED) is 0.470. The van der Waals surface area contributed by atoms with Gasteiger partial charge >= 0.3 is 0 Å². The Hall–Kier alpha value is -0.0400. The van der Waals surface area contributed by atoms with Gasteiger partial charge in [-0.1, -0.05) is 13.3 Å². The molecule has 1 nitrogen and oxygen atoms in total. The molecule has 2 atom stereocenters. The molecular formula is C8H16N. The van der Waals surface area contributed by atoms with E-state index >= 15 is 0 Å². The van der Waals surface area contributed by atoms with Gasteiger partial charge in [-0.25, -0.2) is 5.32 Å². The van der Waals surface area contributed by atoms with Crippen LogP contribution in [0.1, 0.15) is 33.1 Å². The highest BCUT2D eigenvalue weighted by Crippen LogP contribution is 2.15. The van der Waals surface area contributed by atoms with Crippen LogP contribution in [0.25, 0.3) is 0 Å². The Balaban J connectivity index is 2.32. The molecule has 1 aliphatic rings. The van der Waals surface area contributed by atoms with Gasteiger partial charge in [-0.2, -0.15) is 0 Å². The monoisotopic (exact) mass is 126 g/mol. The SMILES string of the molecule is CC1CCCC[N]C1C. The van der Waals surface area contributed by atoms with Crippen molar-refractivity contribution >= 4 is 0 Å². The molecule has 0 N–H and O–H groups in total. The number of nitrogens with zero attached hydrogens (tertiary/aromatic N) is 1. The van der Waals surface area contributed by atoms with Gasteiger partial charge in [-0.15, -0.1) is 0 Å². The Morgan fingerprint density at radius 2 is 2.00 bits per heavy atom. The molecule has 1 heterocycles. The summed E-state index contributed by atoms with van der Waals surface area (Å²) in [6.07, 6.45) is 4.08. The van der Waals surface area contributed by atoms with Crippen molar-refractivity contribution in [3.05, 3.63) is 0 Å². The maximum atomic E-state index is 4.50. The molecule has 1 heteroatoms. The Morgan fingerprint density at radius 3 is 2.78 bits per heavy atom. The van der Waals surface area contributed by atoms with E-state index in [1.807, 2.05) is 0 Å². The highest BCUT2D eigenvalue weighted by Gasteiger charge is 2.14. The molecule has 0 saturated carbocycles. The summed E-state index contributed by atoms with van der Waals surface area (Å²) in [7, 11) is 0. The first-order chi connectivity index (χ1) is 4.30. The summed E-state index contributed by atoms with van der Waals surface area (Å²) in [6, 6.07) is 0.618. The largest absolute Gasteiger partial charge is 0.238 e. The van der Waals surface area contributed by atoms with E-state index in [0.29, 0.717) is 6.04 Å². The topological polar surface area (TPSA) is 14.1 Å². The summed E-state index contributed by atoms with van der Waals surface area (Å²) in [5, 5.41) is 4.50. The molecule has 0 aromatic heterocycles. The van der Waals surface area contributed by atoms with Gasteiger partial charge in [0.05, 0.1) is 0 Å². The van der Waals surface area contributed by atoms with Gasteiger partial charge in [0.1, 0.15) is 0 Å². The van der Waals surface area contributed by atoms with Crippen LogP contribution in [0.3, 0.4) is 0 Å². The maximum absolute atomic E-state index is 4.50. The van der Waals surface area contributed by atoms with Gasteiger partial charge in [0.25, 0.3) is 0 Å². The molecule has 0 aromatic carbocycles. The first-order valence-electron chi connectivity index (χ1n) is 3.97. The van der Waals surface area contributed by atoms with Gasteiger partial charge in [0.2, 0.25) is 0 Å². The Labute approximate surface area is 57.8 Å². The van der Waals surface area contributed by atoms with Crippen LogP contribution in [-0.2, 0) is 0 Å². The van der Waals surface area contributed by atoms with Crippen LogP contribution >= 0.6 is 0 Å². The van der Waals surface area contributed by atoms with Crippen molar-refractivity contribution in [3.63, 3.8) is 0 Å². The first kappa shape index (κ1) is 7.07. The van der Waals surface area contributed by atoms with Gasteiger partial charge in [0, 0.05) is 12.6 Å². The van der Waals surface area contributed by atoms with E-state index in [4.69, 9.17) is 0 Å². The van der Waals surface area contributed by atoms with E-state index in [-0.39, 0.29) is 0 Å². The molecule has 0 bridgehead atoms. The lowest BCUT2D eigenvalue weighted by atomic mass is 9.99. The molecule has 0 aromatic rings. The van der Waals surface area contributed by atoms with Gasteiger partial charge in [-0.05, 0) is 25.7 Å². The van der Waals surface area contributed by atoms with Crippen molar-refractivity contribution in [1.29, 1.82) is 0 Å². The molecular weight excluding hydrogens is 110 g/mol. The third-order valence-corrected chi connectivity index (χ3v) is 2.31. The summed E-state index contributed by atoms with van der Waals surface area (Å²) >= 11 is 0. The van der Waals surface area contributed by atoms with Crippen LogP contribution in [0.5, 0.6) is 0 Å². The summed E-state index contributed by atoms with van der Waals surface area (Å²) in [5.41, 5.74) is 0. The van der Waals surface area contributed by atoms with Gasteiger partial charge in [-0.3, -0.25) is 0 Å². The standard InChI is InChI=1S/C8H16N/c1-7-5-3-4-6-9-8(7)2/h7-8H,3-6H2,1-2H3. The van der Waals surface area contributed by atoms with Crippen LogP contribution in [0.4, 0.5) is 0 Å². The molecule has 0 aliphatic carbocycles. The van der Waals surface area contributed by atoms with Crippen molar-refractivity contribution in [2.24, 2.45) is 5.92 Å². The summed E-state index contributed by atoms with van der Waals surface area (Å²) < 4.78 is 0. The van der Waals surface area contributed by atoms with Gasteiger partial charge in [0.15, 0.2) is 0 Å². The Kier molecular flexibility index (Phi) is 2.52. The fraction of sp³-hybridized carbons (Fsp3) is 1.00. The number of hydrogen-bond acceptors (Lipinski definition) is 0. The second-order valence-electron chi connectivity index (χ2n) is 3.12. The van der Waals surface area contributed by atoms with Crippen molar-refractivity contribution < 1.29 is 0 Å². The number of rotatable bonds is 0. The zero-order chi connectivity index (χ0) is 6.69. The van der Waals surface area contributed by atoms with E-state index in [2.05, 4.69) is 19.2 Å². The van der Waals surface area contributed by atoms with Crippen molar-refractivity contribution in [3.8, 4) is 0 Å². The van der Waals surface area contributed by atoms with Crippen LogP contribution < -0.4 is 5.32 Å². The molecule has 9 heavy (non-hydrogen) atoms. The molecule has 53 valence electrons. The van der Waals surface area contributed by atoms with E-state index in [0.717, 1.165) is 12.5 Å². The summed E-state index contributed by atoms with van der Waals surface area (Å²) in [5.74, 6) is 0.826. The third kappa shape index (κ3) is 1.98. The predicted octanol–water partition coefficient (Wildman–Crippen LogP) is 1.80. The van der Waals surface area contributed by atoms with Crippen molar-refractivity contribution in [1.82, 2.24) is 5.32 Å². The van der Waals surface area contributed by atoms with E-state index in [1.54, 1.807) is 0 Å². The highest BCUT2D eigenvalue weighted by molar-refractivity contribution is 4.71. The van der Waals surface area contributed by atoms with Crippen LogP contribution in [-0.4, -0.2) is 12.6 Å². The second kappa shape index (κ2) is 3.21. The number of hydrogen-bond donors (Lipinski definition) is 0. The Morgan fingerprint density at radius 1 is 1.22 bits per heavy atom. The Bertz CT molecular complexity index is 70.6. The first-order valence-corrected chi connectivity index (χ1v) is 3.97. The normalized spacial score (nSPS) is 38.0. The fourth-order valence-electron chi connectivity index (χ4n) is 1.29. The second-order valence-corrected chi connectivity index (χ2v) is 3.12. The van der Waals surface area contributed by atoms with E-state index < -0.39 is 0 Å². The lowest BCUT2D eigenvalue weighted by Crippen LogP contribution is -2.23. The minimum atomic E-state index is 0.618. The van der Waals surface area contributed by atoms with Crippen LogP contribution in [0.2, 0.25) is 0 Å². The molecule has 1 rings (SSSR count). The van der Waals surface area contributed by atoms with Crippen LogP contribution in [0.15, 0.2) is 0 Å². The zero-order valence-electron chi connectivity index (χ0n) is 6.43. The third-order valence-electron chi connectivity index (χ3n) is 2.31. The summed E-state index contributed by atoms with van der Waals surface area (Å²) in [6.45, 7) is 5.64. The minimum absolute atomic E-state index is 0.618. The van der Waals surface area contributed by atoms with E-state index in [1.165, 1.54) is 19.3 Å². The van der Waals surface area contributed by atoms with Crippen LogP contribution in [0, 0.1) is 5.92 Å². The van der Waals surface area contributed by atoms with Crippen molar-refractivity contribution in [2.75, 3.05) is 6.54 Å². The predicted molar refractivity (Wildman–Crippen MR) is 39.5 cm³/mol. The lowest BCUT2D eigenvalue weighted by molar-refractivity contribution is 0.409. The van der Waals surface area contributed by atoms with Gasteiger partial charge < -0.3 is 0 Å².